The van der Waals surface area contributed by atoms with Gasteiger partial charge in [0.25, 0.3) is 5.91 Å². The van der Waals surface area contributed by atoms with Crippen molar-refractivity contribution in [1.29, 1.82) is 0 Å². The number of halogens is 3. The summed E-state index contributed by atoms with van der Waals surface area (Å²) in [5, 5.41) is 2.90. The molecule has 7 nitrogen and oxygen atoms in total. The number of methoxy groups -OCH3 is 1. The van der Waals surface area contributed by atoms with E-state index in [4.69, 9.17) is 21.1 Å². The summed E-state index contributed by atoms with van der Waals surface area (Å²) in [5.41, 5.74) is 0.304. The first-order valence-electron chi connectivity index (χ1n) is 10.3. The number of nitrogens with zero attached hydrogens (tertiary/aromatic N) is 1. The predicted octanol–water partition coefficient (Wildman–Crippen LogP) is 3.24. The Morgan fingerprint density at radius 2 is 1.91 bits per heavy atom. The summed E-state index contributed by atoms with van der Waals surface area (Å²) in [6.07, 6.45) is 1.16. The second-order valence-corrected chi connectivity index (χ2v) is 7.97. The van der Waals surface area contributed by atoms with Gasteiger partial charge in [0.2, 0.25) is 5.91 Å². The lowest BCUT2D eigenvalue weighted by atomic mass is 9.96. The van der Waals surface area contributed by atoms with Gasteiger partial charge in [0.15, 0.2) is 23.2 Å². The smallest absolute Gasteiger partial charge is 0.257 e. The summed E-state index contributed by atoms with van der Waals surface area (Å²) in [6.45, 7) is -0.311. The molecule has 1 fully saturated rings. The van der Waals surface area contributed by atoms with Gasteiger partial charge in [-0.15, -0.1) is 0 Å². The third kappa shape index (κ3) is 6.19. The minimum atomic E-state index is -0.921. The van der Waals surface area contributed by atoms with E-state index in [0.29, 0.717) is 35.7 Å². The van der Waals surface area contributed by atoms with Crippen LogP contribution in [0.25, 0.3) is 0 Å². The predicted molar refractivity (Wildman–Crippen MR) is 117 cm³/mol. The number of amides is 2. The summed E-state index contributed by atoms with van der Waals surface area (Å²) >= 11 is 6.01. The topological polar surface area (TPSA) is 84.9 Å². The Morgan fingerprint density at radius 3 is 2.61 bits per heavy atom. The number of para-hydroxylation sites is 1. The highest BCUT2D eigenvalue weighted by Crippen LogP contribution is 2.26. The second-order valence-electron chi connectivity index (χ2n) is 7.53. The first-order valence-corrected chi connectivity index (χ1v) is 10.7. The molecule has 0 aliphatic carbocycles. The molecule has 1 saturated heterocycles. The summed E-state index contributed by atoms with van der Waals surface area (Å²) in [5.74, 6) is -3.86. The van der Waals surface area contributed by atoms with Gasteiger partial charge in [0, 0.05) is 18.1 Å². The zero-order chi connectivity index (χ0) is 24.0. The third-order valence-corrected chi connectivity index (χ3v) is 5.46. The van der Waals surface area contributed by atoms with E-state index in [2.05, 4.69) is 5.32 Å². The Kier molecular flexibility index (Phi) is 8.21. The van der Waals surface area contributed by atoms with Gasteiger partial charge in [-0.1, -0.05) is 17.7 Å². The number of carbonyl (C=O) groups excluding carboxylic acids is 3. The van der Waals surface area contributed by atoms with Crippen LogP contribution < -0.4 is 14.8 Å². The second kappa shape index (κ2) is 11.1. The van der Waals surface area contributed by atoms with Crippen LogP contribution in [0.2, 0.25) is 5.02 Å². The van der Waals surface area contributed by atoms with Gasteiger partial charge in [0.1, 0.15) is 12.4 Å². The van der Waals surface area contributed by atoms with Crippen LogP contribution in [-0.2, 0) is 9.59 Å². The van der Waals surface area contributed by atoms with E-state index >= 15 is 0 Å². The molecular formula is C23H23ClF2N2O5. The van der Waals surface area contributed by atoms with E-state index in [9.17, 15) is 23.2 Å². The van der Waals surface area contributed by atoms with E-state index in [1.54, 1.807) is 17.0 Å². The van der Waals surface area contributed by atoms with Crippen molar-refractivity contribution in [1.82, 2.24) is 10.2 Å². The molecule has 1 atom stereocenters. The fourth-order valence-electron chi connectivity index (χ4n) is 3.55. The minimum absolute atomic E-state index is 0.172. The highest BCUT2D eigenvalue weighted by Gasteiger charge is 2.30. The van der Waals surface area contributed by atoms with E-state index in [1.165, 1.54) is 19.2 Å². The Hall–Kier alpha value is -3.20. The number of benzene rings is 2. The van der Waals surface area contributed by atoms with Crippen LogP contribution >= 0.6 is 11.6 Å². The van der Waals surface area contributed by atoms with Crippen LogP contribution in [0, 0.1) is 17.6 Å². The van der Waals surface area contributed by atoms with E-state index in [0.717, 1.165) is 12.1 Å². The Labute approximate surface area is 194 Å². The van der Waals surface area contributed by atoms with Crippen molar-refractivity contribution in [2.75, 3.05) is 33.4 Å². The van der Waals surface area contributed by atoms with Crippen LogP contribution in [0.1, 0.15) is 23.2 Å². The van der Waals surface area contributed by atoms with Gasteiger partial charge in [0.05, 0.1) is 25.1 Å². The maximum Gasteiger partial charge on any atom is 0.257 e. The number of piperidine rings is 1. The Balaban J connectivity index is 1.53. The van der Waals surface area contributed by atoms with Gasteiger partial charge in [-0.05, 0) is 43.2 Å². The number of rotatable bonds is 8. The summed E-state index contributed by atoms with van der Waals surface area (Å²) < 4.78 is 37.3. The monoisotopic (exact) mass is 480 g/mol. The molecule has 0 bridgehead atoms. The van der Waals surface area contributed by atoms with Crippen LogP contribution in [0.3, 0.4) is 0 Å². The zero-order valence-electron chi connectivity index (χ0n) is 17.9. The number of ketones is 1. The summed E-state index contributed by atoms with van der Waals surface area (Å²) in [6, 6.07) is 7.94. The molecule has 1 heterocycles. The number of Topliss-reactive ketones (excluding diaryl/α,β-unsaturated/α-hetero) is 1. The molecule has 2 aromatic rings. The average molecular weight is 481 g/mol. The molecule has 3 rings (SSSR count). The van der Waals surface area contributed by atoms with Crippen molar-refractivity contribution >= 4 is 29.2 Å². The molecule has 1 aliphatic rings. The standard InChI is InChI=1S/C23H23ClF2N2O5/c1-32-20-8-7-15(24)10-17(20)23(31)28-9-3-4-14(12-28)22(30)27-11-16(29)13-33-21-18(25)5-2-6-19(21)26/h2,5-8,10,14H,3-4,9,11-13H2,1H3,(H,27,30)/t14-/m0/s1. The van der Waals surface area contributed by atoms with E-state index in [-0.39, 0.29) is 19.0 Å². The maximum absolute atomic E-state index is 13.6. The van der Waals surface area contributed by atoms with E-state index in [1.807, 2.05) is 0 Å². The molecule has 0 spiro atoms. The lowest BCUT2D eigenvalue weighted by Crippen LogP contribution is -2.46. The van der Waals surface area contributed by atoms with Gasteiger partial charge in [-0.2, -0.15) is 0 Å². The fraction of sp³-hybridized carbons (Fsp3) is 0.348. The van der Waals surface area contributed by atoms with Crippen LogP contribution in [0.15, 0.2) is 36.4 Å². The van der Waals surface area contributed by atoms with Gasteiger partial charge >= 0.3 is 0 Å². The van der Waals surface area contributed by atoms with Crippen LogP contribution in [0.5, 0.6) is 11.5 Å². The summed E-state index contributed by atoms with van der Waals surface area (Å²) in [7, 11) is 1.45. The van der Waals surface area contributed by atoms with Gasteiger partial charge in [-0.25, -0.2) is 8.78 Å². The maximum atomic E-state index is 13.6. The molecule has 176 valence electrons. The molecule has 0 aromatic heterocycles. The van der Waals surface area contributed by atoms with E-state index < -0.39 is 41.6 Å². The minimum Gasteiger partial charge on any atom is -0.496 e. The molecule has 0 saturated carbocycles. The highest BCUT2D eigenvalue weighted by molar-refractivity contribution is 6.31. The number of carbonyl (C=O) groups is 3. The number of nitrogens with one attached hydrogen (secondary N) is 1. The Bertz CT molecular complexity index is 1030. The van der Waals surface area contributed by atoms with Gasteiger partial charge < -0.3 is 19.7 Å². The first kappa shape index (κ1) is 24.4. The largest absolute Gasteiger partial charge is 0.496 e. The zero-order valence-corrected chi connectivity index (χ0v) is 18.7. The van der Waals surface area contributed by atoms with Crippen molar-refractivity contribution in [3.8, 4) is 11.5 Å². The average Bonchev–Trinajstić information content (AvgIpc) is 2.81. The molecule has 33 heavy (non-hydrogen) atoms. The molecule has 0 unspecified atom stereocenters. The molecule has 0 radical (unpaired) electrons. The van der Waals surface area contributed by atoms with Crippen molar-refractivity contribution in [3.63, 3.8) is 0 Å². The van der Waals surface area contributed by atoms with Crippen molar-refractivity contribution in [2.45, 2.75) is 12.8 Å². The number of hydrogen-bond donors (Lipinski definition) is 1. The lowest BCUT2D eigenvalue weighted by Gasteiger charge is -2.32. The highest BCUT2D eigenvalue weighted by atomic mass is 35.5. The first-order chi connectivity index (χ1) is 15.8. The SMILES string of the molecule is COc1ccc(Cl)cc1C(=O)N1CCC[C@H](C(=O)NCC(=O)COc2c(F)cccc2F)C1. The third-order valence-electron chi connectivity index (χ3n) is 5.23. The van der Waals surface area contributed by atoms with Crippen molar-refractivity contribution < 1.29 is 32.6 Å². The molecule has 10 heteroatoms. The Morgan fingerprint density at radius 1 is 1.18 bits per heavy atom. The molecule has 1 aliphatic heterocycles. The summed E-state index contributed by atoms with van der Waals surface area (Å²) in [4.78, 5) is 39.1. The molecular weight excluding hydrogens is 458 g/mol. The molecule has 2 aromatic carbocycles. The van der Waals surface area contributed by atoms with Crippen molar-refractivity contribution in [2.24, 2.45) is 5.92 Å². The molecule has 1 N–H and O–H groups in total. The number of ether oxygens (including phenoxy) is 2. The molecule has 2 amide bonds. The lowest BCUT2D eigenvalue weighted by molar-refractivity contribution is -0.129. The van der Waals surface area contributed by atoms with Crippen molar-refractivity contribution in [3.05, 3.63) is 58.6 Å². The number of likely N-dealkylation sites (tertiary alicyclic amines) is 1. The van der Waals surface area contributed by atoms with Crippen LogP contribution in [0.4, 0.5) is 8.78 Å². The fourth-order valence-corrected chi connectivity index (χ4v) is 3.72. The van der Waals surface area contributed by atoms with Crippen LogP contribution in [-0.4, -0.2) is 55.8 Å². The normalized spacial score (nSPS) is 15.6. The number of hydrogen-bond acceptors (Lipinski definition) is 5. The van der Waals surface area contributed by atoms with Gasteiger partial charge in [-0.3, -0.25) is 14.4 Å². The quantitative estimate of drug-likeness (QED) is 0.627.